The van der Waals surface area contributed by atoms with E-state index < -0.39 is 0 Å². The molecule has 0 radical (unpaired) electrons. The fraction of sp³-hybridized carbons (Fsp3) is 0.143. The molecule has 0 saturated heterocycles. The Morgan fingerprint density at radius 2 is 1.45 bits per heavy atom. The zero-order valence-electron chi connectivity index (χ0n) is 10.7. The smallest absolute Gasteiger partial charge is 0.181 e. The number of ether oxygens (including phenoxy) is 2. The Morgan fingerprint density at radius 3 is 2.00 bits per heavy atom. The molecular formula is C14H11Cl3O3. The van der Waals surface area contributed by atoms with Crippen molar-refractivity contribution < 1.29 is 14.6 Å². The van der Waals surface area contributed by atoms with E-state index in [1.165, 1.54) is 14.2 Å². The van der Waals surface area contributed by atoms with Crippen LogP contribution < -0.4 is 9.47 Å². The number of methoxy groups -OCH3 is 2. The maximum Gasteiger partial charge on any atom is 0.181 e. The van der Waals surface area contributed by atoms with E-state index in [1.54, 1.807) is 24.3 Å². The third kappa shape index (κ3) is 2.37. The fourth-order valence-electron chi connectivity index (χ4n) is 1.92. The quantitative estimate of drug-likeness (QED) is 0.800. The van der Waals surface area contributed by atoms with E-state index in [-0.39, 0.29) is 26.6 Å². The standard InChI is InChI=1S/C14H11Cl3O3/c1-19-13-9(7-5-3-4-6-8(7)18)10(15)11(16)12(17)14(13)20-2/h3-6,18H,1-2H3. The van der Waals surface area contributed by atoms with Crippen molar-refractivity contribution >= 4 is 34.8 Å². The van der Waals surface area contributed by atoms with Crippen LogP contribution in [-0.4, -0.2) is 19.3 Å². The summed E-state index contributed by atoms with van der Waals surface area (Å²) in [5, 5.41) is 10.5. The average molecular weight is 334 g/mol. The van der Waals surface area contributed by atoms with Gasteiger partial charge in [0.15, 0.2) is 11.5 Å². The second-order valence-corrected chi connectivity index (χ2v) is 5.03. The lowest BCUT2D eigenvalue weighted by Crippen LogP contribution is -1.96. The number of rotatable bonds is 3. The lowest BCUT2D eigenvalue weighted by molar-refractivity contribution is 0.356. The van der Waals surface area contributed by atoms with Gasteiger partial charge >= 0.3 is 0 Å². The summed E-state index contributed by atoms with van der Waals surface area (Å²) in [4.78, 5) is 0. The van der Waals surface area contributed by atoms with Crippen molar-refractivity contribution in [3.05, 3.63) is 39.3 Å². The average Bonchev–Trinajstić information content (AvgIpc) is 2.45. The van der Waals surface area contributed by atoms with Gasteiger partial charge in [-0.05, 0) is 6.07 Å². The van der Waals surface area contributed by atoms with Crippen molar-refractivity contribution in [3.8, 4) is 28.4 Å². The minimum Gasteiger partial charge on any atom is -0.507 e. The largest absolute Gasteiger partial charge is 0.507 e. The van der Waals surface area contributed by atoms with Crippen molar-refractivity contribution in [3.63, 3.8) is 0 Å². The third-order valence-corrected chi connectivity index (χ3v) is 4.13. The Balaban J connectivity index is 2.89. The molecule has 2 aromatic rings. The van der Waals surface area contributed by atoms with Crippen molar-refractivity contribution in [1.29, 1.82) is 0 Å². The van der Waals surface area contributed by atoms with Crippen LogP contribution in [0.5, 0.6) is 17.2 Å². The van der Waals surface area contributed by atoms with E-state index >= 15 is 0 Å². The Hall–Kier alpha value is -1.29. The van der Waals surface area contributed by atoms with Crippen LogP contribution in [0.2, 0.25) is 15.1 Å². The van der Waals surface area contributed by atoms with Gasteiger partial charge in [-0.25, -0.2) is 0 Å². The molecule has 3 nitrogen and oxygen atoms in total. The summed E-state index contributed by atoms with van der Waals surface area (Å²) in [7, 11) is 2.91. The van der Waals surface area contributed by atoms with Crippen LogP contribution in [0.15, 0.2) is 24.3 Å². The molecular weight excluding hydrogens is 323 g/mol. The zero-order chi connectivity index (χ0) is 14.9. The van der Waals surface area contributed by atoms with Crippen LogP contribution in [0.4, 0.5) is 0 Å². The normalized spacial score (nSPS) is 10.4. The van der Waals surface area contributed by atoms with Gasteiger partial charge in [0.2, 0.25) is 0 Å². The van der Waals surface area contributed by atoms with Crippen LogP contribution in [0.3, 0.4) is 0 Å². The second kappa shape index (κ2) is 6.00. The molecule has 0 aromatic heterocycles. The number of hydrogen-bond acceptors (Lipinski definition) is 3. The first-order valence-corrected chi connectivity index (χ1v) is 6.73. The molecule has 0 aliphatic rings. The molecule has 2 aromatic carbocycles. The van der Waals surface area contributed by atoms with Gasteiger partial charge in [0.05, 0.1) is 29.8 Å². The fourth-order valence-corrected chi connectivity index (χ4v) is 2.69. The molecule has 0 aliphatic carbocycles. The first kappa shape index (κ1) is 15.1. The summed E-state index contributed by atoms with van der Waals surface area (Å²) in [6.45, 7) is 0. The van der Waals surface area contributed by atoms with E-state index in [1.807, 2.05) is 0 Å². The lowest BCUT2D eigenvalue weighted by atomic mass is 10.0. The van der Waals surface area contributed by atoms with E-state index in [4.69, 9.17) is 44.3 Å². The third-order valence-electron chi connectivity index (χ3n) is 2.82. The summed E-state index contributed by atoms with van der Waals surface area (Å²) in [6.07, 6.45) is 0. The number of halogens is 3. The van der Waals surface area contributed by atoms with E-state index in [2.05, 4.69) is 0 Å². The van der Waals surface area contributed by atoms with Gasteiger partial charge in [-0.2, -0.15) is 0 Å². The number of aromatic hydroxyl groups is 1. The highest BCUT2D eigenvalue weighted by Gasteiger charge is 2.25. The van der Waals surface area contributed by atoms with Gasteiger partial charge in [0, 0.05) is 5.56 Å². The maximum atomic E-state index is 10.0. The molecule has 0 amide bonds. The number of phenols is 1. The summed E-state index contributed by atoms with van der Waals surface area (Å²) in [6, 6.07) is 6.70. The predicted molar refractivity (Wildman–Crippen MR) is 81.7 cm³/mol. The van der Waals surface area contributed by atoms with E-state index in [0.717, 1.165) is 0 Å². The minimum atomic E-state index is 0.0492. The molecule has 6 heteroatoms. The molecule has 0 unspecified atom stereocenters. The van der Waals surface area contributed by atoms with Gasteiger partial charge in [-0.3, -0.25) is 0 Å². The molecule has 0 fully saturated rings. The van der Waals surface area contributed by atoms with Crippen LogP contribution in [0.25, 0.3) is 11.1 Å². The highest BCUT2D eigenvalue weighted by Crippen LogP contribution is 2.53. The van der Waals surface area contributed by atoms with E-state index in [9.17, 15) is 5.11 Å². The van der Waals surface area contributed by atoms with Gasteiger partial charge in [0.1, 0.15) is 10.8 Å². The van der Waals surface area contributed by atoms with Crippen LogP contribution in [0.1, 0.15) is 0 Å². The Morgan fingerprint density at radius 1 is 0.850 bits per heavy atom. The van der Waals surface area contributed by atoms with Gasteiger partial charge in [-0.15, -0.1) is 0 Å². The number of benzene rings is 2. The minimum absolute atomic E-state index is 0.0492. The zero-order valence-corrected chi connectivity index (χ0v) is 13.0. The van der Waals surface area contributed by atoms with Crippen molar-refractivity contribution in [2.75, 3.05) is 14.2 Å². The lowest BCUT2D eigenvalue weighted by Gasteiger charge is -2.18. The first-order chi connectivity index (χ1) is 9.52. The molecule has 106 valence electrons. The van der Waals surface area contributed by atoms with Crippen molar-refractivity contribution in [2.24, 2.45) is 0 Å². The molecule has 0 aliphatic heterocycles. The van der Waals surface area contributed by atoms with Crippen LogP contribution in [-0.2, 0) is 0 Å². The van der Waals surface area contributed by atoms with Gasteiger partial charge in [0.25, 0.3) is 0 Å². The summed E-state index contributed by atoms with van der Waals surface area (Å²) < 4.78 is 10.6. The number of hydrogen-bond donors (Lipinski definition) is 1. The molecule has 1 N–H and O–H groups in total. The van der Waals surface area contributed by atoms with Crippen LogP contribution in [0, 0.1) is 0 Å². The molecule has 0 spiro atoms. The molecule has 0 bridgehead atoms. The van der Waals surface area contributed by atoms with E-state index in [0.29, 0.717) is 16.9 Å². The topological polar surface area (TPSA) is 38.7 Å². The first-order valence-electron chi connectivity index (χ1n) is 5.59. The Labute approximate surface area is 131 Å². The number of para-hydroxylation sites is 1. The summed E-state index contributed by atoms with van der Waals surface area (Å²) in [5.41, 5.74) is 0.907. The summed E-state index contributed by atoms with van der Waals surface area (Å²) >= 11 is 18.5. The number of phenolic OH excluding ortho intramolecular Hbond substituents is 1. The Bertz CT molecular complexity index is 657. The molecule has 20 heavy (non-hydrogen) atoms. The second-order valence-electron chi connectivity index (χ2n) is 3.90. The van der Waals surface area contributed by atoms with Crippen LogP contribution >= 0.6 is 34.8 Å². The van der Waals surface area contributed by atoms with Crippen molar-refractivity contribution in [2.45, 2.75) is 0 Å². The van der Waals surface area contributed by atoms with Crippen molar-refractivity contribution in [1.82, 2.24) is 0 Å². The molecule has 0 heterocycles. The Kier molecular flexibility index (Phi) is 4.53. The van der Waals surface area contributed by atoms with Gasteiger partial charge < -0.3 is 14.6 Å². The molecule has 0 atom stereocenters. The highest BCUT2D eigenvalue weighted by molar-refractivity contribution is 6.50. The monoisotopic (exact) mass is 332 g/mol. The maximum absolute atomic E-state index is 10.0. The predicted octanol–water partition coefficient (Wildman–Crippen LogP) is 5.04. The SMILES string of the molecule is COc1c(Cl)c(Cl)c(Cl)c(-c2ccccc2O)c1OC. The van der Waals surface area contributed by atoms with Gasteiger partial charge in [-0.1, -0.05) is 53.0 Å². The molecule has 2 rings (SSSR count). The summed E-state index contributed by atoms with van der Waals surface area (Å²) in [5.74, 6) is 0.628. The molecule has 0 saturated carbocycles. The highest BCUT2D eigenvalue weighted by atomic mass is 35.5.